The molecule has 1 amide bonds. The lowest BCUT2D eigenvalue weighted by Gasteiger charge is -2.28. The Labute approximate surface area is 194 Å². The number of aromatic nitrogens is 2. The highest BCUT2D eigenvalue weighted by Gasteiger charge is 2.31. The van der Waals surface area contributed by atoms with Gasteiger partial charge in [0.15, 0.2) is 0 Å². The lowest BCUT2D eigenvalue weighted by molar-refractivity contribution is -0.130. The fourth-order valence-corrected chi connectivity index (χ4v) is 5.25. The van der Waals surface area contributed by atoms with Gasteiger partial charge >= 0.3 is 0 Å². The molecule has 174 valence electrons. The Morgan fingerprint density at radius 1 is 1.21 bits per heavy atom. The third-order valence-electron chi connectivity index (χ3n) is 7.21. The Kier molecular flexibility index (Phi) is 6.31. The summed E-state index contributed by atoms with van der Waals surface area (Å²) in [6.07, 6.45) is 8.73. The van der Waals surface area contributed by atoms with Crippen LogP contribution in [0.4, 0.5) is 0 Å². The molecule has 1 fully saturated rings. The molecule has 3 aliphatic rings. The van der Waals surface area contributed by atoms with E-state index in [1.165, 1.54) is 5.56 Å². The van der Waals surface area contributed by atoms with Crippen LogP contribution < -0.4 is 10.3 Å². The monoisotopic (exact) mass is 448 g/mol. The van der Waals surface area contributed by atoms with Gasteiger partial charge in [0.1, 0.15) is 11.6 Å². The van der Waals surface area contributed by atoms with Gasteiger partial charge in [-0.1, -0.05) is 24.3 Å². The van der Waals surface area contributed by atoms with E-state index < -0.39 is 0 Å². The summed E-state index contributed by atoms with van der Waals surface area (Å²) in [5, 5.41) is 0. The minimum atomic E-state index is -0.0321. The molecular weight excluding hydrogens is 416 g/mol. The second kappa shape index (κ2) is 9.51. The summed E-state index contributed by atoms with van der Waals surface area (Å²) in [5.41, 5.74) is 2.86. The van der Waals surface area contributed by atoms with Gasteiger partial charge in [0.05, 0.1) is 18.4 Å². The highest BCUT2D eigenvalue weighted by molar-refractivity contribution is 5.77. The summed E-state index contributed by atoms with van der Waals surface area (Å²) in [6, 6.07) is 8.06. The molecule has 3 heterocycles. The maximum Gasteiger partial charge on any atom is 0.255 e. The van der Waals surface area contributed by atoms with Crippen molar-refractivity contribution in [1.29, 1.82) is 0 Å². The van der Waals surface area contributed by atoms with Crippen molar-refractivity contribution >= 4 is 5.91 Å². The van der Waals surface area contributed by atoms with E-state index >= 15 is 0 Å². The van der Waals surface area contributed by atoms with E-state index in [4.69, 9.17) is 9.72 Å². The van der Waals surface area contributed by atoms with Gasteiger partial charge in [-0.15, -0.1) is 0 Å². The van der Waals surface area contributed by atoms with Crippen molar-refractivity contribution in [3.05, 3.63) is 69.4 Å². The fraction of sp³-hybridized carbons (Fsp3) is 0.500. The molecule has 1 N–H and O–H groups in total. The molecule has 2 atom stereocenters. The second-order valence-corrected chi connectivity index (χ2v) is 9.48. The molecule has 7 heteroatoms. The number of likely N-dealkylation sites (tertiary alicyclic amines) is 1. The molecule has 7 nitrogen and oxygen atoms in total. The van der Waals surface area contributed by atoms with Crippen molar-refractivity contribution in [2.24, 2.45) is 5.92 Å². The number of aromatic amines is 1. The van der Waals surface area contributed by atoms with E-state index in [0.29, 0.717) is 25.4 Å². The Morgan fingerprint density at radius 2 is 2.06 bits per heavy atom. The van der Waals surface area contributed by atoms with Gasteiger partial charge in [-0.25, -0.2) is 4.98 Å². The topological polar surface area (TPSA) is 78.5 Å². The molecule has 0 saturated carbocycles. The molecule has 5 rings (SSSR count). The van der Waals surface area contributed by atoms with Crippen LogP contribution in [-0.4, -0.2) is 52.4 Å². The summed E-state index contributed by atoms with van der Waals surface area (Å²) in [4.78, 5) is 37.8. The first-order valence-electron chi connectivity index (χ1n) is 12.0. The number of H-pyrrole nitrogens is 1. The van der Waals surface area contributed by atoms with E-state index in [2.05, 4.69) is 34.2 Å². The molecule has 1 aromatic carbocycles. The first-order chi connectivity index (χ1) is 16.1. The van der Waals surface area contributed by atoms with Crippen LogP contribution in [0.1, 0.15) is 54.2 Å². The third kappa shape index (κ3) is 4.88. The number of rotatable bonds is 6. The molecule has 1 aromatic heterocycles. The van der Waals surface area contributed by atoms with Gasteiger partial charge in [0.25, 0.3) is 5.56 Å². The van der Waals surface area contributed by atoms with Crippen molar-refractivity contribution in [3.8, 4) is 5.75 Å². The minimum absolute atomic E-state index is 0.0321. The van der Waals surface area contributed by atoms with E-state index in [1.54, 1.807) is 7.11 Å². The second-order valence-electron chi connectivity index (χ2n) is 9.48. The quantitative estimate of drug-likeness (QED) is 0.688. The summed E-state index contributed by atoms with van der Waals surface area (Å²) < 4.78 is 5.23. The van der Waals surface area contributed by atoms with Crippen LogP contribution in [0.15, 0.2) is 41.2 Å². The van der Waals surface area contributed by atoms with Crippen molar-refractivity contribution in [1.82, 2.24) is 19.8 Å². The van der Waals surface area contributed by atoms with Gasteiger partial charge in [0.2, 0.25) is 5.91 Å². The number of nitrogens with one attached hydrogen (secondary N) is 1. The number of methoxy groups -OCH3 is 1. The maximum atomic E-state index is 12.9. The Morgan fingerprint density at radius 3 is 2.82 bits per heavy atom. The molecule has 0 bridgehead atoms. The van der Waals surface area contributed by atoms with Gasteiger partial charge in [-0.2, -0.15) is 0 Å². The number of ether oxygens (including phenoxy) is 1. The highest BCUT2D eigenvalue weighted by Crippen LogP contribution is 2.28. The van der Waals surface area contributed by atoms with Crippen LogP contribution >= 0.6 is 0 Å². The number of hydrogen-bond donors (Lipinski definition) is 1. The van der Waals surface area contributed by atoms with Gasteiger partial charge in [-0.3, -0.25) is 14.5 Å². The molecule has 0 spiro atoms. The average Bonchev–Trinajstić information content (AvgIpc) is 3.52. The largest absolute Gasteiger partial charge is 0.497 e. The van der Waals surface area contributed by atoms with E-state index in [9.17, 15) is 9.59 Å². The molecule has 2 aliphatic heterocycles. The SMILES string of the molecule is COc1ccc(CN2CCc3nc([C@H]4CCN(C(=O)C[C@@H]5C=CCC5)C4)[nH]c(=O)c3C2)cc1. The summed E-state index contributed by atoms with van der Waals surface area (Å²) >= 11 is 0. The standard InChI is InChI=1S/C26H32N4O3/c1-33-21-8-6-19(7-9-21)15-29-12-11-23-22(17-29)26(32)28-25(27-23)20-10-13-30(16-20)24(31)14-18-4-2-3-5-18/h2,4,6-9,18,20H,3,5,10-17H2,1H3,(H,27,28,32)/t18-,20+/m1/s1. The van der Waals surface area contributed by atoms with E-state index in [1.807, 2.05) is 17.0 Å². The normalized spacial score (nSPS) is 22.5. The van der Waals surface area contributed by atoms with Crippen molar-refractivity contribution in [2.75, 3.05) is 26.7 Å². The van der Waals surface area contributed by atoms with Gasteiger partial charge in [-0.05, 0) is 42.9 Å². The van der Waals surface area contributed by atoms with Crippen molar-refractivity contribution in [3.63, 3.8) is 0 Å². The van der Waals surface area contributed by atoms with Crippen LogP contribution in [0.2, 0.25) is 0 Å². The lowest BCUT2D eigenvalue weighted by Crippen LogP contribution is -2.36. The number of carbonyl (C=O) groups is 1. The van der Waals surface area contributed by atoms with Crippen LogP contribution in [-0.2, 0) is 24.3 Å². The number of amides is 1. The van der Waals surface area contributed by atoms with Crippen molar-refractivity contribution < 1.29 is 9.53 Å². The van der Waals surface area contributed by atoms with Crippen LogP contribution in [0.25, 0.3) is 0 Å². The molecular formula is C26H32N4O3. The van der Waals surface area contributed by atoms with Gasteiger partial charge < -0.3 is 14.6 Å². The van der Waals surface area contributed by atoms with Crippen LogP contribution in [0.5, 0.6) is 5.75 Å². The Bertz CT molecular complexity index is 1090. The molecule has 0 unspecified atom stereocenters. The highest BCUT2D eigenvalue weighted by atomic mass is 16.5. The first kappa shape index (κ1) is 21.9. The number of benzene rings is 1. The zero-order valence-corrected chi connectivity index (χ0v) is 19.3. The third-order valence-corrected chi connectivity index (χ3v) is 7.21. The van der Waals surface area contributed by atoms with E-state index in [0.717, 1.165) is 68.1 Å². The predicted molar refractivity (Wildman–Crippen MR) is 126 cm³/mol. The molecule has 2 aromatic rings. The number of fused-ring (bicyclic) bond motifs is 1. The van der Waals surface area contributed by atoms with Crippen LogP contribution in [0.3, 0.4) is 0 Å². The lowest BCUT2D eigenvalue weighted by atomic mass is 10.0. The Balaban J connectivity index is 1.22. The zero-order valence-electron chi connectivity index (χ0n) is 19.3. The number of nitrogens with zero attached hydrogens (tertiary/aromatic N) is 3. The average molecular weight is 449 g/mol. The maximum absolute atomic E-state index is 12.9. The van der Waals surface area contributed by atoms with E-state index in [-0.39, 0.29) is 17.4 Å². The Hall–Kier alpha value is -2.93. The zero-order chi connectivity index (χ0) is 22.8. The molecule has 33 heavy (non-hydrogen) atoms. The molecule has 1 saturated heterocycles. The molecule has 0 radical (unpaired) electrons. The number of carbonyl (C=O) groups excluding carboxylic acids is 1. The first-order valence-corrected chi connectivity index (χ1v) is 12.0. The number of allylic oxidation sites excluding steroid dienone is 2. The van der Waals surface area contributed by atoms with Gasteiger partial charge in [0, 0.05) is 51.5 Å². The summed E-state index contributed by atoms with van der Waals surface area (Å²) in [5.74, 6) is 2.32. The van der Waals surface area contributed by atoms with Crippen LogP contribution in [0, 0.1) is 5.92 Å². The van der Waals surface area contributed by atoms with Crippen molar-refractivity contribution in [2.45, 2.75) is 51.1 Å². The smallest absolute Gasteiger partial charge is 0.255 e. The summed E-state index contributed by atoms with van der Waals surface area (Å²) in [6.45, 7) is 3.67. The minimum Gasteiger partial charge on any atom is -0.497 e. The number of hydrogen-bond acceptors (Lipinski definition) is 5. The molecule has 1 aliphatic carbocycles. The summed E-state index contributed by atoms with van der Waals surface area (Å²) in [7, 11) is 1.67. The predicted octanol–water partition coefficient (Wildman–Crippen LogP) is 3.01. The fourth-order valence-electron chi connectivity index (χ4n) is 5.25.